The van der Waals surface area contributed by atoms with Crippen molar-refractivity contribution in [3.05, 3.63) is 27.2 Å². The molecule has 5 heteroatoms. The summed E-state index contributed by atoms with van der Waals surface area (Å²) in [6.45, 7) is 1.83. The Balaban J connectivity index is 2.96. The molecule has 0 aliphatic carbocycles. The van der Waals surface area contributed by atoms with Gasteiger partial charge in [0.05, 0.1) is 16.8 Å². The normalized spacial score (nSPS) is 9.47. The fourth-order valence-corrected chi connectivity index (χ4v) is 2.13. The summed E-state index contributed by atoms with van der Waals surface area (Å²) < 4.78 is 0.850. The molecule has 0 fully saturated rings. The molecule has 0 bridgehead atoms. The number of nitrogens with zero attached hydrogens (tertiary/aromatic N) is 1. The van der Waals surface area contributed by atoms with Gasteiger partial charge in [0.25, 0.3) is 0 Å². The molecule has 0 aromatic heterocycles. The molecular weight excluding hydrogens is 279 g/mol. The third kappa shape index (κ3) is 3.22. The fraction of sp³-hybridized carbons (Fsp3) is 0.200. The van der Waals surface area contributed by atoms with Gasteiger partial charge in [-0.05, 0) is 24.6 Å². The molecule has 0 saturated heterocycles. The van der Waals surface area contributed by atoms with Crippen molar-refractivity contribution in [2.75, 3.05) is 5.32 Å². The number of hydrogen-bond donors (Lipinski definition) is 1. The van der Waals surface area contributed by atoms with Crippen LogP contribution in [0.5, 0.6) is 0 Å². The maximum atomic E-state index is 11.2. The van der Waals surface area contributed by atoms with E-state index in [1.165, 1.54) is 0 Å². The third-order valence-corrected chi connectivity index (χ3v) is 2.51. The molecule has 0 radical (unpaired) electrons. The standard InChI is InChI=1S/C10H8BrClN2O/c1-6-4-7(11)5-8(12)10(6)14-9(15)2-3-13/h4-5H,2H2,1H3,(H,14,15). The van der Waals surface area contributed by atoms with Crippen LogP contribution in [-0.4, -0.2) is 5.91 Å². The molecule has 0 aliphatic rings. The zero-order chi connectivity index (χ0) is 11.4. The van der Waals surface area contributed by atoms with Crippen LogP contribution in [0.1, 0.15) is 12.0 Å². The molecule has 0 spiro atoms. The van der Waals surface area contributed by atoms with Gasteiger partial charge in [0.15, 0.2) is 0 Å². The highest BCUT2D eigenvalue weighted by molar-refractivity contribution is 9.10. The smallest absolute Gasteiger partial charge is 0.238 e. The lowest BCUT2D eigenvalue weighted by Gasteiger charge is -2.09. The van der Waals surface area contributed by atoms with E-state index in [1.807, 2.05) is 13.0 Å². The monoisotopic (exact) mass is 286 g/mol. The highest BCUT2D eigenvalue weighted by atomic mass is 79.9. The number of halogens is 2. The second-order valence-electron chi connectivity index (χ2n) is 2.96. The van der Waals surface area contributed by atoms with E-state index in [9.17, 15) is 4.79 Å². The molecular formula is C10H8BrClN2O. The average Bonchev–Trinajstić information content (AvgIpc) is 2.11. The molecule has 0 atom stereocenters. The molecule has 0 aliphatic heterocycles. The molecule has 3 nitrogen and oxygen atoms in total. The summed E-state index contributed by atoms with van der Waals surface area (Å²) in [5.74, 6) is -0.357. The Hall–Kier alpha value is -1.05. The molecule has 1 rings (SSSR count). The van der Waals surface area contributed by atoms with E-state index < -0.39 is 0 Å². The first-order valence-electron chi connectivity index (χ1n) is 4.17. The van der Waals surface area contributed by atoms with Gasteiger partial charge in [-0.15, -0.1) is 0 Å². The first-order chi connectivity index (χ1) is 7.04. The van der Waals surface area contributed by atoms with Gasteiger partial charge in [0, 0.05) is 4.47 Å². The molecule has 0 heterocycles. The summed E-state index contributed by atoms with van der Waals surface area (Å²) >= 11 is 9.25. The zero-order valence-electron chi connectivity index (χ0n) is 7.97. The highest BCUT2D eigenvalue weighted by Crippen LogP contribution is 2.29. The van der Waals surface area contributed by atoms with Crippen molar-refractivity contribution in [2.45, 2.75) is 13.3 Å². The van der Waals surface area contributed by atoms with Crippen LogP contribution in [0, 0.1) is 18.3 Å². The zero-order valence-corrected chi connectivity index (χ0v) is 10.3. The molecule has 0 unspecified atom stereocenters. The predicted molar refractivity (Wildman–Crippen MR) is 62.7 cm³/mol. The number of nitriles is 1. The van der Waals surface area contributed by atoms with Gasteiger partial charge in [0.2, 0.25) is 5.91 Å². The Morgan fingerprint density at radius 1 is 1.67 bits per heavy atom. The van der Waals surface area contributed by atoms with Crippen LogP contribution in [0.2, 0.25) is 5.02 Å². The van der Waals surface area contributed by atoms with E-state index in [0.29, 0.717) is 10.7 Å². The SMILES string of the molecule is Cc1cc(Br)cc(Cl)c1NC(=O)CC#N. The van der Waals surface area contributed by atoms with Crippen molar-refractivity contribution >= 4 is 39.1 Å². The van der Waals surface area contributed by atoms with Crippen molar-refractivity contribution in [1.82, 2.24) is 0 Å². The Morgan fingerprint density at radius 3 is 2.87 bits per heavy atom. The maximum absolute atomic E-state index is 11.2. The van der Waals surface area contributed by atoms with Crippen LogP contribution in [0.25, 0.3) is 0 Å². The minimum Gasteiger partial charge on any atom is -0.324 e. The van der Waals surface area contributed by atoms with Gasteiger partial charge in [0.1, 0.15) is 6.42 Å². The summed E-state index contributed by atoms with van der Waals surface area (Å²) in [4.78, 5) is 11.2. The number of aryl methyl sites for hydroxylation is 1. The summed E-state index contributed by atoms with van der Waals surface area (Å²) in [6, 6.07) is 5.31. The van der Waals surface area contributed by atoms with Crippen molar-refractivity contribution in [1.29, 1.82) is 5.26 Å². The van der Waals surface area contributed by atoms with E-state index in [0.717, 1.165) is 10.0 Å². The second kappa shape index (κ2) is 5.15. The van der Waals surface area contributed by atoms with Crippen molar-refractivity contribution in [3.63, 3.8) is 0 Å². The minimum absolute atomic E-state index is 0.175. The summed E-state index contributed by atoms with van der Waals surface area (Å²) in [5, 5.41) is 11.4. The number of carbonyl (C=O) groups excluding carboxylic acids is 1. The van der Waals surface area contributed by atoms with Crippen LogP contribution in [0.3, 0.4) is 0 Å². The largest absolute Gasteiger partial charge is 0.324 e. The number of amides is 1. The Bertz CT molecular complexity index is 417. The van der Waals surface area contributed by atoms with E-state index >= 15 is 0 Å². The number of hydrogen-bond acceptors (Lipinski definition) is 2. The topological polar surface area (TPSA) is 52.9 Å². The lowest BCUT2D eigenvalue weighted by Crippen LogP contribution is -2.11. The minimum atomic E-state index is -0.357. The number of rotatable bonds is 2. The summed E-state index contributed by atoms with van der Waals surface area (Å²) in [6.07, 6.45) is -0.175. The van der Waals surface area contributed by atoms with Crippen molar-refractivity contribution < 1.29 is 4.79 Å². The van der Waals surface area contributed by atoms with Gasteiger partial charge in [-0.3, -0.25) is 4.79 Å². The second-order valence-corrected chi connectivity index (χ2v) is 4.29. The highest BCUT2D eigenvalue weighted by Gasteiger charge is 2.09. The van der Waals surface area contributed by atoms with Crippen LogP contribution < -0.4 is 5.32 Å². The number of benzene rings is 1. The van der Waals surface area contributed by atoms with Gasteiger partial charge >= 0.3 is 0 Å². The Kier molecular flexibility index (Phi) is 4.13. The average molecular weight is 288 g/mol. The number of anilines is 1. The lowest BCUT2D eigenvalue weighted by atomic mass is 10.2. The van der Waals surface area contributed by atoms with E-state index in [-0.39, 0.29) is 12.3 Å². The van der Waals surface area contributed by atoms with Crippen molar-refractivity contribution in [2.24, 2.45) is 0 Å². The first-order valence-corrected chi connectivity index (χ1v) is 5.34. The fourth-order valence-electron chi connectivity index (χ4n) is 1.12. The summed E-state index contributed by atoms with van der Waals surface area (Å²) in [7, 11) is 0. The summed E-state index contributed by atoms with van der Waals surface area (Å²) in [5.41, 5.74) is 1.40. The Labute approximate surface area is 101 Å². The number of nitrogens with one attached hydrogen (secondary N) is 1. The van der Waals surface area contributed by atoms with Crippen LogP contribution >= 0.6 is 27.5 Å². The molecule has 1 amide bonds. The van der Waals surface area contributed by atoms with Crippen molar-refractivity contribution in [3.8, 4) is 6.07 Å². The van der Waals surface area contributed by atoms with Gasteiger partial charge in [-0.1, -0.05) is 27.5 Å². The molecule has 1 N–H and O–H groups in total. The van der Waals surface area contributed by atoms with Crippen LogP contribution in [-0.2, 0) is 4.79 Å². The van der Waals surface area contributed by atoms with Crippen LogP contribution in [0.4, 0.5) is 5.69 Å². The molecule has 0 saturated carbocycles. The first kappa shape index (κ1) is 12.0. The van der Waals surface area contributed by atoms with E-state index in [4.69, 9.17) is 16.9 Å². The van der Waals surface area contributed by atoms with Gasteiger partial charge in [-0.25, -0.2) is 0 Å². The third-order valence-electron chi connectivity index (χ3n) is 1.76. The van der Waals surface area contributed by atoms with Crippen LogP contribution in [0.15, 0.2) is 16.6 Å². The van der Waals surface area contributed by atoms with Gasteiger partial charge in [-0.2, -0.15) is 5.26 Å². The molecule has 15 heavy (non-hydrogen) atoms. The maximum Gasteiger partial charge on any atom is 0.238 e. The van der Waals surface area contributed by atoms with E-state index in [1.54, 1.807) is 12.1 Å². The molecule has 1 aromatic rings. The van der Waals surface area contributed by atoms with E-state index in [2.05, 4.69) is 21.2 Å². The molecule has 1 aromatic carbocycles. The lowest BCUT2D eigenvalue weighted by molar-refractivity contribution is -0.115. The number of carbonyl (C=O) groups is 1. The quantitative estimate of drug-likeness (QED) is 0.907. The van der Waals surface area contributed by atoms with Gasteiger partial charge < -0.3 is 5.32 Å². The predicted octanol–water partition coefficient (Wildman–Crippen LogP) is 3.26. The Morgan fingerprint density at radius 2 is 2.33 bits per heavy atom. The molecule has 78 valence electrons.